The smallest absolute Gasteiger partial charge is 0.444 e. The second kappa shape index (κ2) is 13.6. The Hall–Kier alpha value is -2.54. The van der Waals surface area contributed by atoms with Crippen LogP contribution in [-0.4, -0.2) is 69.9 Å². The molecule has 3 rings (SSSR count). The fourth-order valence-electron chi connectivity index (χ4n) is 4.09. The summed E-state index contributed by atoms with van der Waals surface area (Å²) >= 11 is 12.5. The van der Waals surface area contributed by atoms with Gasteiger partial charge in [-0.25, -0.2) is 4.79 Å². The van der Waals surface area contributed by atoms with Gasteiger partial charge in [0.1, 0.15) is 11.4 Å². The molecule has 2 aromatic carbocycles. The molecule has 1 atom stereocenters. The Bertz CT molecular complexity index is 1300. The zero-order valence-corrected chi connectivity index (χ0v) is 25.4. The molecule has 0 saturated carbocycles. The molecule has 1 unspecified atom stereocenters. The van der Waals surface area contributed by atoms with Crippen LogP contribution in [0.5, 0.6) is 5.75 Å². The third-order valence-corrected chi connectivity index (χ3v) is 8.00. The van der Waals surface area contributed by atoms with Crippen LogP contribution in [0.15, 0.2) is 35.2 Å². The van der Waals surface area contributed by atoms with E-state index in [4.69, 9.17) is 27.9 Å². The number of alkyl halides is 3. The van der Waals surface area contributed by atoms with Gasteiger partial charge in [-0.1, -0.05) is 30.1 Å². The Balaban J connectivity index is 1.76. The van der Waals surface area contributed by atoms with Gasteiger partial charge in [0.25, 0.3) is 5.91 Å². The monoisotopic (exact) mass is 637 g/mol. The molecule has 1 aliphatic heterocycles. The maximum Gasteiger partial charge on any atom is 0.573 e. The summed E-state index contributed by atoms with van der Waals surface area (Å²) in [5, 5.41) is 2.92. The molecule has 1 saturated heterocycles. The fourth-order valence-corrected chi connectivity index (χ4v) is 5.51. The summed E-state index contributed by atoms with van der Waals surface area (Å²) in [5.74, 6) is -0.946. The van der Waals surface area contributed by atoms with Gasteiger partial charge >= 0.3 is 12.5 Å². The van der Waals surface area contributed by atoms with Crippen molar-refractivity contribution in [1.29, 1.82) is 0 Å². The molecule has 1 N–H and O–H groups in total. The molecule has 2 aromatic rings. The molecule has 1 aliphatic rings. The predicted molar refractivity (Wildman–Crippen MR) is 151 cm³/mol. The van der Waals surface area contributed by atoms with Gasteiger partial charge in [0.05, 0.1) is 10.8 Å². The fraction of sp³-hybridized carbons (Fsp3) is 0.481. The van der Waals surface area contributed by atoms with E-state index in [0.29, 0.717) is 47.4 Å². The summed E-state index contributed by atoms with van der Waals surface area (Å²) < 4.78 is 62.0. The van der Waals surface area contributed by atoms with Crippen LogP contribution < -0.4 is 10.1 Å². The van der Waals surface area contributed by atoms with Crippen molar-refractivity contribution in [3.63, 3.8) is 0 Å². The summed E-state index contributed by atoms with van der Waals surface area (Å²) in [6.07, 6.45) is -5.49. The number of piperazine rings is 1. The number of halogens is 5. The van der Waals surface area contributed by atoms with Crippen LogP contribution in [-0.2, 0) is 28.6 Å². The lowest BCUT2D eigenvalue weighted by Gasteiger charge is -2.36. The first-order chi connectivity index (χ1) is 19.1. The lowest BCUT2D eigenvalue weighted by molar-refractivity contribution is -0.275. The van der Waals surface area contributed by atoms with E-state index in [-0.39, 0.29) is 29.2 Å². The van der Waals surface area contributed by atoms with Crippen LogP contribution in [0.3, 0.4) is 0 Å². The van der Waals surface area contributed by atoms with Gasteiger partial charge in [-0.2, -0.15) is 0 Å². The standard InChI is InChI=1S/C27H32Cl2F3N3O5S/c1-5-41(38)23-7-6-19(28)12-18(23)15-33-24(36)17-13-21(29)20(22(14-17)39-27(30,31)32)16-34-8-10-35(11-9-34)25(37)40-26(2,3)4/h6-7,12-14H,5,8-11,15-16H2,1-4H3,(H,33,36). The number of nitrogens with zero attached hydrogens (tertiary/aromatic N) is 2. The van der Waals surface area contributed by atoms with Gasteiger partial charge in [-0.3, -0.25) is 13.9 Å². The minimum Gasteiger partial charge on any atom is -0.444 e. The van der Waals surface area contributed by atoms with Gasteiger partial charge in [-0.15, -0.1) is 13.2 Å². The zero-order chi connectivity index (χ0) is 30.5. The molecule has 1 heterocycles. The second-order valence-corrected chi connectivity index (χ2v) is 12.8. The number of carbonyl (C=O) groups is 2. The highest BCUT2D eigenvalue weighted by atomic mass is 35.5. The van der Waals surface area contributed by atoms with Crippen molar-refractivity contribution < 1.29 is 36.4 Å². The molecule has 2 amide bonds. The Labute approximate surface area is 249 Å². The van der Waals surface area contributed by atoms with Crippen molar-refractivity contribution >= 4 is 46.0 Å². The number of nitrogens with one attached hydrogen (secondary N) is 1. The van der Waals surface area contributed by atoms with E-state index in [9.17, 15) is 27.0 Å². The normalized spacial score (nSPS) is 15.4. The molecular formula is C27H32Cl2F3N3O5S. The molecule has 226 valence electrons. The van der Waals surface area contributed by atoms with E-state index < -0.39 is 40.5 Å². The average Bonchev–Trinajstić information content (AvgIpc) is 2.87. The van der Waals surface area contributed by atoms with Gasteiger partial charge in [0.15, 0.2) is 0 Å². The topological polar surface area (TPSA) is 88.2 Å². The number of benzene rings is 2. The summed E-state index contributed by atoms with van der Waals surface area (Å²) in [5.41, 5.74) is -0.217. The molecule has 0 aliphatic carbocycles. The number of amides is 2. The summed E-state index contributed by atoms with van der Waals surface area (Å²) in [6, 6.07) is 7.03. The molecule has 0 radical (unpaired) electrons. The van der Waals surface area contributed by atoms with Gasteiger partial charge in [-0.05, 0) is 56.7 Å². The molecule has 14 heteroatoms. The Morgan fingerprint density at radius 1 is 1.05 bits per heavy atom. The minimum atomic E-state index is -5.03. The number of hydrogen-bond donors (Lipinski definition) is 1. The highest BCUT2D eigenvalue weighted by Gasteiger charge is 2.34. The van der Waals surface area contributed by atoms with Crippen molar-refractivity contribution in [2.45, 2.75) is 57.6 Å². The first-order valence-electron chi connectivity index (χ1n) is 12.8. The number of rotatable bonds is 8. The minimum absolute atomic E-state index is 0.00299. The Morgan fingerprint density at radius 2 is 1.71 bits per heavy atom. The van der Waals surface area contributed by atoms with E-state index >= 15 is 0 Å². The Morgan fingerprint density at radius 3 is 2.29 bits per heavy atom. The number of hydrogen-bond acceptors (Lipinski definition) is 6. The van der Waals surface area contributed by atoms with Crippen molar-refractivity contribution in [2.75, 3.05) is 31.9 Å². The third kappa shape index (κ3) is 9.76. The molecule has 1 fully saturated rings. The van der Waals surface area contributed by atoms with Crippen molar-refractivity contribution in [3.05, 3.63) is 57.1 Å². The van der Waals surface area contributed by atoms with Crippen LogP contribution in [0.1, 0.15) is 49.2 Å². The largest absolute Gasteiger partial charge is 0.573 e. The van der Waals surface area contributed by atoms with Crippen LogP contribution in [0.2, 0.25) is 10.0 Å². The third-order valence-electron chi connectivity index (χ3n) is 6.02. The highest BCUT2D eigenvalue weighted by molar-refractivity contribution is 7.85. The number of carbonyl (C=O) groups excluding carboxylic acids is 2. The SMILES string of the molecule is CCS(=O)c1ccc(Cl)cc1CNC(=O)c1cc(Cl)c(CN2CCN(C(=O)OC(C)(C)C)CC2)c(OC(F)(F)F)c1. The zero-order valence-electron chi connectivity index (χ0n) is 23.1. The van der Waals surface area contributed by atoms with Crippen LogP contribution in [0, 0.1) is 0 Å². The first-order valence-corrected chi connectivity index (χ1v) is 14.9. The Kier molecular flexibility index (Phi) is 11.0. The summed E-state index contributed by atoms with van der Waals surface area (Å²) in [4.78, 5) is 29.1. The molecule has 41 heavy (non-hydrogen) atoms. The van der Waals surface area contributed by atoms with E-state index in [1.807, 2.05) is 4.90 Å². The molecule has 0 aromatic heterocycles. The highest BCUT2D eigenvalue weighted by Crippen LogP contribution is 2.34. The average molecular weight is 639 g/mol. The maximum absolute atomic E-state index is 13.3. The van der Waals surface area contributed by atoms with Crippen LogP contribution in [0.4, 0.5) is 18.0 Å². The van der Waals surface area contributed by atoms with Gasteiger partial charge in [0.2, 0.25) is 0 Å². The van der Waals surface area contributed by atoms with E-state index in [1.165, 1.54) is 11.0 Å². The lowest BCUT2D eigenvalue weighted by Crippen LogP contribution is -2.49. The van der Waals surface area contributed by atoms with Gasteiger partial charge < -0.3 is 19.7 Å². The van der Waals surface area contributed by atoms with Crippen molar-refractivity contribution in [1.82, 2.24) is 15.1 Å². The van der Waals surface area contributed by atoms with E-state index in [1.54, 1.807) is 45.9 Å². The van der Waals surface area contributed by atoms with Crippen molar-refractivity contribution in [2.24, 2.45) is 0 Å². The first kappa shape index (κ1) is 33.0. The molecule has 0 bridgehead atoms. The van der Waals surface area contributed by atoms with Gasteiger partial charge in [0, 0.05) is 71.1 Å². The second-order valence-electron chi connectivity index (χ2n) is 10.3. The molecular weight excluding hydrogens is 606 g/mol. The predicted octanol–water partition coefficient (Wildman–Crippen LogP) is 6.00. The van der Waals surface area contributed by atoms with E-state index in [0.717, 1.165) is 6.07 Å². The lowest BCUT2D eigenvalue weighted by atomic mass is 10.1. The molecule has 8 nitrogen and oxygen atoms in total. The van der Waals surface area contributed by atoms with Crippen LogP contribution >= 0.6 is 23.2 Å². The van der Waals surface area contributed by atoms with Crippen molar-refractivity contribution in [3.8, 4) is 5.75 Å². The maximum atomic E-state index is 13.3. The summed E-state index contributed by atoms with van der Waals surface area (Å²) in [6.45, 7) is 8.34. The number of ether oxygens (including phenoxy) is 2. The van der Waals surface area contributed by atoms with E-state index in [2.05, 4.69) is 10.1 Å². The molecule has 0 spiro atoms. The quantitative estimate of drug-likeness (QED) is 0.382. The summed E-state index contributed by atoms with van der Waals surface area (Å²) in [7, 11) is -1.31. The van der Waals surface area contributed by atoms with Crippen LogP contribution in [0.25, 0.3) is 0 Å².